The molecule has 0 aromatic heterocycles. The minimum absolute atomic E-state index is 0.0592. The SMILES string of the molecule is CC(C)(C)c1ccc2c(c1)CCN(c1cccc(Cl)c1)C2=O. The maximum absolute atomic E-state index is 12.8. The van der Waals surface area contributed by atoms with Crippen molar-refractivity contribution < 1.29 is 4.79 Å². The third kappa shape index (κ3) is 2.76. The van der Waals surface area contributed by atoms with Crippen LogP contribution in [0.2, 0.25) is 5.02 Å². The van der Waals surface area contributed by atoms with Gasteiger partial charge in [-0.15, -0.1) is 0 Å². The van der Waals surface area contributed by atoms with E-state index in [1.54, 1.807) is 0 Å². The highest BCUT2D eigenvalue weighted by Crippen LogP contribution is 2.30. The second-order valence-corrected chi connectivity index (χ2v) is 7.25. The van der Waals surface area contributed by atoms with Crippen LogP contribution in [0.1, 0.15) is 42.3 Å². The Balaban J connectivity index is 1.97. The Hall–Kier alpha value is -1.80. The highest BCUT2D eigenvalue weighted by molar-refractivity contribution is 6.31. The average molecular weight is 314 g/mol. The summed E-state index contributed by atoms with van der Waals surface area (Å²) < 4.78 is 0. The van der Waals surface area contributed by atoms with Crippen LogP contribution in [0.15, 0.2) is 42.5 Å². The molecule has 0 N–H and O–H groups in total. The third-order valence-electron chi connectivity index (χ3n) is 4.17. The molecule has 0 bridgehead atoms. The Bertz CT molecular complexity index is 730. The number of rotatable bonds is 1. The zero-order chi connectivity index (χ0) is 15.9. The predicted molar refractivity (Wildman–Crippen MR) is 92.0 cm³/mol. The van der Waals surface area contributed by atoms with Gasteiger partial charge in [-0.05, 0) is 47.2 Å². The Labute approximate surface area is 136 Å². The number of carbonyl (C=O) groups is 1. The van der Waals surface area contributed by atoms with Gasteiger partial charge in [0.15, 0.2) is 0 Å². The van der Waals surface area contributed by atoms with Crippen LogP contribution in [0.5, 0.6) is 0 Å². The lowest BCUT2D eigenvalue weighted by Gasteiger charge is -2.30. The fourth-order valence-corrected chi connectivity index (χ4v) is 3.03. The molecule has 3 heteroatoms. The summed E-state index contributed by atoms with van der Waals surface area (Å²) in [6, 6.07) is 13.7. The zero-order valence-corrected chi connectivity index (χ0v) is 13.9. The van der Waals surface area contributed by atoms with Gasteiger partial charge in [-0.25, -0.2) is 0 Å². The van der Waals surface area contributed by atoms with E-state index in [4.69, 9.17) is 11.6 Å². The van der Waals surface area contributed by atoms with Gasteiger partial charge in [0.25, 0.3) is 5.91 Å². The lowest BCUT2D eigenvalue weighted by molar-refractivity contribution is 0.0980. The molecule has 1 aliphatic rings. The molecule has 1 amide bonds. The fourth-order valence-electron chi connectivity index (χ4n) is 2.85. The minimum atomic E-state index is 0.0592. The monoisotopic (exact) mass is 313 g/mol. The second kappa shape index (κ2) is 5.44. The predicted octanol–water partition coefficient (Wildman–Crippen LogP) is 4.84. The Morgan fingerprint density at radius 3 is 2.55 bits per heavy atom. The number of hydrogen-bond acceptors (Lipinski definition) is 1. The maximum atomic E-state index is 12.8. The van der Waals surface area contributed by atoms with Crippen molar-refractivity contribution in [3.63, 3.8) is 0 Å². The van der Waals surface area contributed by atoms with Crippen molar-refractivity contribution in [3.05, 3.63) is 64.2 Å². The molecule has 2 nitrogen and oxygen atoms in total. The Morgan fingerprint density at radius 2 is 1.86 bits per heavy atom. The van der Waals surface area contributed by atoms with E-state index in [-0.39, 0.29) is 11.3 Å². The number of halogens is 1. The van der Waals surface area contributed by atoms with E-state index in [1.807, 2.05) is 35.2 Å². The van der Waals surface area contributed by atoms with Crippen LogP contribution in [-0.2, 0) is 11.8 Å². The number of anilines is 1. The molecule has 0 unspecified atom stereocenters. The van der Waals surface area contributed by atoms with Gasteiger partial charge in [-0.3, -0.25) is 4.79 Å². The van der Waals surface area contributed by atoms with Gasteiger partial charge >= 0.3 is 0 Å². The summed E-state index contributed by atoms with van der Waals surface area (Å²) in [6.07, 6.45) is 0.873. The van der Waals surface area contributed by atoms with E-state index in [9.17, 15) is 4.79 Å². The van der Waals surface area contributed by atoms with Crippen LogP contribution in [0.25, 0.3) is 0 Å². The zero-order valence-electron chi connectivity index (χ0n) is 13.2. The molecular formula is C19H20ClNO. The van der Waals surface area contributed by atoms with Crippen LogP contribution < -0.4 is 4.90 Å². The van der Waals surface area contributed by atoms with Gasteiger partial charge < -0.3 is 4.90 Å². The first-order valence-corrected chi connectivity index (χ1v) is 7.95. The van der Waals surface area contributed by atoms with E-state index >= 15 is 0 Å². The Kier molecular flexibility index (Phi) is 3.73. The first kappa shape index (κ1) is 15.1. The topological polar surface area (TPSA) is 20.3 Å². The molecule has 2 aromatic rings. The van der Waals surface area contributed by atoms with Gasteiger partial charge in [0.2, 0.25) is 0 Å². The summed E-state index contributed by atoms with van der Waals surface area (Å²) in [5.41, 5.74) is 4.19. The maximum Gasteiger partial charge on any atom is 0.258 e. The molecule has 3 rings (SSSR count). The van der Waals surface area contributed by atoms with Crippen molar-refractivity contribution in [2.45, 2.75) is 32.6 Å². The summed E-state index contributed by atoms with van der Waals surface area (Å²) in [7, 11) is 0. The first-order chi connectivity index (χ1) is 10.4. The molecule has 0 atom stereocenters. The van der Waals surface area contributed by atoms with Crippen molar-refractivity contribution in [2.75, 3.05) is 11.4 Å². The highest BCUT2D eigenvalue weighted by atomic mass is 35.5. The normalized spacial score (nSPS) is 14.9. The number of carbonyl (C=O) groups excluding carboxylic acids is 1. The number of fused-ring (bicyclic) bond motifs is 1. The number of hydrogen-bond donors (Lipinski definition) is 0. The summed E-state index contributed by atoms with van der Waals surface area (Å²) in [6.45, 7) is 7.27. The number of benzene rings is 2. The van der Waals surface area contributed by atoms with E-state index in [1.165, 1.54) is 5.56 Å². The van der Waals surface area contributed by atoms with Gasteiger partial charge in [-0.2, -0.15) is 0 Å². The molecule has 0 spiro atoms. The molecule has 0 fully saturated rings. The van der Waals surface area contributed by atoms with Crippen LogP contribution >= 0.6 is 11.6 Å². The average Bonchev–Trinajstić information content (AvgIpc) is 2.46. The smallest absolute Gasteiger partial charge is 0.258 e. The first-order valence-electron chi connectivity index (χ1n) is 7.57. The molecule has 1 aliphatic heterocycles. The molecule has 2 aromatic carbocycles. The lowest BCUT2D eigenvalue weighted by Crippen LogP contribution is -2.37. The Morgan fingerprint density at radius 1 is 1.09 bits per heavy atom. The summed E-state index contributed by atoms with van der Waals surface area (Å²) in [5.74, 6) is 0.0592. The van der Waals surface area contributed by atoms with Crippen LogP contribution in [0.4, 0.5) is 5.69 Å². The van der Waals surface area contributed by atoms with Crippen molar-refractivity contribution in [1.29, 1.82) is 0 Å². The molecule has 0 aliphatic carbocycles. The largest absolute Gasteiger partial charge is 0.308 e. The number of nitrogens with zero attached hydrogens (tertiary/aromatic N) is 1. The lowest BCUT2D eigenvalue weighted by atomic mass is 9.84. The van der Waals surface area contributed by atoms with Gasteiger partial charge in [0.05, 0.1) is 0 Å². The molecule has 1 heterocycles. The minimum Gasteiger partial charge on any atom is -0.308 e. The van der Waals surface area contributed by atoms with Crippen molar-refractivity contribution in [2.24, 2.45) is 0 Å². The standard InChI is InChI=1S/C19H20ClNO/c1-19(2,3)14-7-8-17-13(11-14)9-10-21(18(17)22)16-6-4-5-15(20)12-16/h4-8,11-12H,9-10H2,1-3H3. The molecule has 114 valence electrons. The third-order valence-corrected chi connectivity index (χ3v) is 4.41. The van der Waals surface area contributed by atoms with Crippen LogP contribution in [-0.4, -0.2) is 12.5 Å². The summed E-state index contributed by atoms with van der Waals surface area (Å²) >= 11 is 6.04. The molecule has 0 saturated carbocycles. The quantitative estimate of drug-likeness (QED) is 0.737. The highest BCUT2D eigenvalue weighted by Gasteiger charge is 2.27. The van der Waals surface area contributed by atoms with E-state index in [0.717, 1.165) is 23.2 Å². The molecule has 0 saturated heterocycles. The van der Waals surface area contributed by atoms with Crippen LogP contribution in [0, 0.1) is 0 Å². The van der Waals surface area contributed by atoms with Gasteiger partial charge in [-0.1, -0.05) is 50.6 Å². The van der Waals surface area contributed by atoms with E-state index < -0.39 is 0 Å². The van der Waals surface area contributed by atoms with Gasteiger partial charge in [0, 0.05) is 22.8 Å². The molecular weight excluding hydrogens is 294 g/mol. The van der Waals surface area contributed by atoms with E-state index in [2.05, 4.69) is 32.9 Å². The van der Waals surface area contributed by atoms with Gasteiger partial charge in [0.1, 0.15) is 0 Å². The molecule has 22 heavy (non-hydrogen) atoms. The van der Waals surface area contributed by atoms with Crippen molar-refractivity contribution in [1.82, 2.24) is 0 Å². The summed E-state index contributed by atoms with van der Waals surface area (Å²) in [5, 5.41) is 0.652. The van der Waals surface area contributed by atoms with Crippen LogP contribution in [0.3, 0.4) is 0 Å². The van der Waals surface area contributed by atoms with Crippen molar-refractivity contribution in [3.8, 4) is 0 Å². The van der Waals surface area contributed by atoms with E-state index in [0.29, 0.717) is 11.6 Å². The second-order valence-electron chi connectivity index (χ2n) is 6.81. The fraction of sp³-hybridized carbons (Fsp3) is 0.316. The van der Waals surface area contributed by atoms with Crippen molar-refractivity contribution >= 4 is 23.2 Å². The number of amides is 1. The summed E-state index contributed by atoms with van der Waals surface area (Å²) in [4.78, 5) is 14.6. The molecule has 0 radical (unpaired) electrons.